The summed E-state index contributed by atoms with van der Waals surface area (Å²) < 4.78 is 47.6. The molecule has 376 valence electrons. The highest BCUT2D eigenvalue weighted by atomic mass is 19.1. The van der Waals surface area contributed by atoms with Crippen LogP contribution in [-0.4, -0.2) is 128 Å². The topological polar surface area (TPSA) is 186 Å². The first-order valence-corrected chi connectivity index (χ1v) is 24.5. The highest BCUT2D eigenvalue weighted by Crippen LogP contribution is 2.33. The second-order valence-electron chi connectivity index (χ2n) is 19.3. The Kier molecular flexibility index (Phi) is 15.4. The third-order valence-corrected chi connectivity index (χ3v) is 13.2. The monoisotopic (exact) mass is 976 g/mol. The first kappa shape index (κ1) is 49.4. The van der Waals surface area contributed by atoms with Gasteiger partial charge in [-0.3, -0.25) is 34.4 Å². The minimum Gasteiger partial charge on any atom is -0.489 e. The smallest absolute Gasteiger partial charge is 0.415 e. The van der Waals surface area contributed by atoms with Gasteiger partial charge in [0.2, 0.25) is 0 Å². The minimum absolute atomic E-state index is 0.127. The van der Waals surface area contributed by atoms with Crippen molar-refractivity contribution in [1.29, 1.82) is 0 Å². The third-order valence-electron chi connectivity index (χ3n) is 13.2. The number of aromatic nitrogens is 6. The van der Waals surface area contributed by atoms with E-state index in [9.17, 15) is 23.2 Å². The Morgan fingerprint density at radius 2 is 1.20 bits per heavy atom. The second kappa shape index (κ2) is 22.2. The van der Waals surface area contributed by atoms with Crippen molar-refractivity contribution < 1.29 is 27.8 Å². The summed E-state index contributed by atoms with van der Waals surface area (Å²) in [6, 6.07) is 13.7. The molecule has 10 rings (SSSR count). The van der Waals surface area contributed by atoms with Crippen LogP contribution in [0.25, 0.3) is 22.1 Å². The Labute approximate surface area is 410 Å². The maximum atomic E-state index is 13.7. The number of rotatable bonds is 12. The molecule has 0 radical (unpaired) electrons. The van der Waals surface area contributed by atoms with Crippen LogP contribution in [0.4, 0.5) is 25.0 Å². The molecule has 18 nitrogen and oxygen atoms in total. The molecule has 0 bridgehead atoms. The largest absolute Gasteiger partial charge is 0.489 e. The first-order chi connectivity index (χ1) is 34.3. The van der Waals surface area contributed by atoms with Crippen molar-refractivity contribution in [3.05, 3.63) is 117 Å². The number of anilines is 2. The number of carbonyl (C=O) groups is 1. The van der Waals surface area contributed by atoms with Crippen LogP contribution in [0.3, 0.4) is 0 Å². The van der Waals surface area contributed by atoms with Crippen LogP contribution in [0.5, 0.6) is 11.5 Å². The zero-order chi connectivity index (χ0) is 49.5. The molecule has 2 fully saturated rings. The number of halogens is 2. The van der Waals surface area contributed by atoms with Gasteiger partial charge >= 0.3 is 6.09 Å². The number of ether oxygens (including phenoxy) is 3. The highest BCUT2D eigenvalue weighted by molar-refractivity contribution is 5.90. The molecule has 10 heterocycles. The number of hydrogen-bond acceptors (Lipinski definition) is 15. The van der Waals surface area contributed by atoms with E-state index in [0.29, 0.717) is 98.1 Å². The number of pyridine rings is 6. The van der Waals surface area contributed by atoms with Crippen LogP contribution < -0.4 is 41.4 Å². The van der Waals surface area contributed by atoms with E-state index in [2.05, 4.69) is 45.7 Å². The minimum atomic E-state index is -0.576. The predicted octanol–water partition coefficient (Wildman–Crippen LogP) is 5.31. The Hall–Kier alpha value is -6.61. The molecule has 0 spiro atoms. The molecule has 3 N–H and O–H groups in total. The molecule has 4 aliphatic heterocycles. The van der Waals surface area contributed by atoms with Gasteiger partial charge in [0, 0.05) is 94.3 Å². The number of hydrogen-bond donors (Lipinski definition) is 3. The fourth-order valence-corrected chi connectivity index (χ4v) is 9.38. The number of amides is 1. The number of piperidine rings is 2. The molecular formula is C51H62F2N12O6. The van der Waals surface area contributed by atoms with E-state index in [4.69, 9.17) is 14.2 Å². The number of nitrogens with one attached hydrogen (secondary N) is 3. The van der Waals surface area contributed by atoms with Crippen molar-refractivity contribution in [1.82, 2.24) is 49.5 Å². The van der Waals surface area contributed by atoms with Gasteiger partial charge in [0.05, 0.1) is 70.5 Å². The summed E-state index contributed by atoms with van der Waals surface area (Å²) in [5.41, 5.74) is 4.86. The predicted molar refractivity (Wildman–Crippen MR) is 266 cm³/mol. The Bertz CT molecular complexity index is 2950. The van der Waals surface area contributed by atoms with Gasteiger partial charge in [0.25, 0.3) is 11.1 Å². The number of likely N-dealkylation sites (tertiary alicyclic amines) is 2. The molecule has 6 aromatic rings. The fraction of sp³-hybridized carbons (Fsp3) is 0.471. The average Bonchev–Trinajstić information content (AvgIpc) is 3.37. The number of nitrogens with zero attached hydrogens (tertiary/aromatic N) is 9. The molecular weight excluding hydrogens is 915 g/mol. The summed E-state index contributed by atoms with van der Waals surface area (Å²) in [4.78, 5) is 60.9. The summed E-state index contributed by atoms with van der Waals surface area (Å²) in [5, 5.41) is 10.5. The Balaban J connectivity index is 0.000000179. The average molecular weight is 977 g/mol. The zero-order valence-corrected chi connectivity index (χ0v) is 40.5. The maximum absolute atomic E-state index is 13.7. The summed E-state index contributed by atoms with van der Waals surface area (Å²) in [7, 11) is 0. The van der Waals surface area contributed by atoms with Crippen molar-refractivity contribution in [2.24, 2.45) is 0 Å². The lowest BCUT2D eigenvalue weighted by atomic mass is 10.0. The molecule has 0 unspecified atom stereocenters. The van der Waals surface area contributed by atoms with Crippen LogP contribution in [0.1, 0.15) is 57.8 Å². The third kappa shape index (κ3) is 12.7. The maximum Gasteiger partial charge on any atom is 0.415 e. The van der Waals surface area contributed by atoms with Crippen molar-refractivity contribution in [2.75, 3.05) is 75.8 Å². The van der Waals surface area contributed by atoms with Crippen LogP contribution >= 0.6 is 0 Å². The summed E-state index contributed by atoms with van der Waals surface area (Å²) in [5.74, 6) is 0.623. The van der Waals surface area contributed by atoms with Crippen LogP contribution in [0.15, 0.2) is 82.9 Å². The zero-order valence-electron chi connectivity index (χ0n) is 40.5. The van der Waals surface area contributed by atoms with Gasteiger partial charge in [-0.15, -0.1) is 0 Å². The quantitative estimate of drug-likeness (QED) is 0.143. The van der Waals surface area contributed by atoms with E-state index >= 15 is 0 Å². The van der Waals surface area contributed by atoms with Gasteiger partial charge in [0.1, 0.15) is 47.6 Å². The summed E-state index contributed by atoms with van der Waals surface area (Å²) in [6.45, 7) is 15.3. The number of carbonyl (C=O) groups excluding carboxylic acids is 1. The molecule has 4 aliphatic rings. The van der Waals surface area contributed by atoms with Gasteiger partial charge in [-0.05, 0) is 84.8 Å². The standard InChI is InChI=1S/C28H35FN6O4.C23H27FN6O2/c1-28(2,3)39-27(37)35-12-13-38-25-15-21(31-18-24(25)35)17-30-20-6-8-33(9-7-20)10-11-34-23-14-19(29)16-32-22(23)4-5-26(34)36;24-16-11-21-19(28-13-16)1-2-23(31)30(21)9-8-29-6-3-17(4-7-29)26-14-18-12-22-20(15-27-18)25-5-10-32-22/h4-5,14-16,18,20,30H,6-13,17H2,1-3H3;1-2,11-13,15,17,25-26H,3-10,14H2. The molecule has 0 aromatic carbocycles. The van der Waals surface area contributed by atoms with Gasteiger partial charge in [0.15, 0.2) is 0 Å². The van der Waals surface area contributed by atoms with E-state index < -0.39 is 23.3 Å². The molecule has 0 saturated carbocycles. The lowest BCUT2D eigenvalue weighted by Gasteiger charge is -2.33. The summed E-state index contributed by atoms with van der Waals surface area (Å²) >= 11 is 0. The van der Waals surface area contributed by atoms with Crippen molar-refractivity contribution >= 4 is 39.5 Å². The SMILES string of the molecule is CC(C)(C)OC(=O)N1CCOc2cc(CNC3CCN(CCn4c(=O)ccc5ncc(F)cc54)CC3)ncc21.O=c1ccc2ncc(F)cc2n1CCN1CCC(NCc2cc3c(cn2)NCCO3)CC1. The van der Waals surface area contributed by atoms with Crippen molar-refractivity contribution in [3.8, 4) is 11.5 Å². The second-order valence-corrected chi connectivity index (χ2v) is 19.3. The Morgan fingerprint density at radius 1 is 0.676 bits per heavy atom. The molecule has 20 heteroatoms. The van der Waals surface area contributed by atoms with Gasteiger partial charge in [-0.25, -0.2) is 13.6 Å². The molecule has 1 amide bonds. The van der Waals surface area contributed by atoms with Gasteiger partial charge in [-0.2, -0.15) is 0 Å². The molecule has 0 aliphatic carbocycles. The molecule has 0 atom stereocenters. The molecule has 71 heavy (non-hydrogen) atoms. The lowest BCUT2D eigenvalue weighted by Crippen LogP contribution is -2.43. The first-order valence-electron chi connectivity index (χ1n) is 24.5. The van der Waals surface area contributed by atoms with E-state index in [1.807, 2.05) is 39.1 Å². The van der Waals surface area contributed by atoms with Crippen molar-refractivity contribution in [2.45, 2.75) is 90.3 Å². The Morgan fingerprint density at radius 3 is 1.75 bits per heavy atom. The van der Waals surface area contributed by atoms with E-state index in [1.54, 1.807) is 32.4 Å². The van der Waals surface area contributed by atoms with Crippen molar-refractivity contribution in [3.63, 3.8) is 0 Å². The van der Waals surface area contributed by atoms with E-state index in [0.717, 1.165) is 87.8 Å². The van der Waals surface area contributed by atoms with Crippen LogP contribution in [0.2, 0.25) is 0 Å². The fourth-order valence-electron chi connectivity index (χ4n) is 9.38. The van der Waals surface area contributed by atoms with E-state index in [-0.39, 0.29) is 11.1 Å². The van der Waals surface area contributed by atoms with Crippen LogP contribution in [0, 0.1) is 11.6 Å². The summed E-state index contributed by atoms with van der Waals surface area (Å²) in [6.07, 6.45) is 9.45. The number of fused-ring (bicyclic) bond motifs is 4. The molecule has 2 saturated heterocycles. The molecule has 6 aromatic heterocycles. The van der Waals surface area contributed by atoms with E-state index in [1.165, 1.54) is 36.7 Å². The van der Waals surface area contributed by atoms with Gasteiger partial charge < -0.3 is 49.1 Å². The lowest BCUT2D eigenvalue weighted by molar-refractivity contribution is 0.0567. The van der Waals surface area contributed by atoms with Gasteiger partial charge in [-0.1, -0.05) is 0 Å². The normalized spacial score (nSPS) is 16.8. The van der Waals surface area contributed by atoms with Crippen LogP contribution in [-0.2, 0) is 30.9 Å². The highest BCUT2D eigenvalue weighted by Gasteiger charge is 2.29.